The largest absolute Gasteiger partial charge is 0.311 e. The van der Waals surface area contributed by atoms with Crippen LogP contribution in [0.2, 0.25) is 0 Å². The lowest BCUT2D eigenvalue weighted by Crippen LogP contribution is -2.36. The van der Waals surface area contributed by atoms with Crippen LogP contribution in [0.3, 0.4) is 0 Å². The minimum absolute atomic E-state index is 0.0797. The van der Waals surface area contributed by atoms with E-state index >= 15 is 0 Å². The van der Waals surface area contributed by atoms with Crippen molar-refractivity contribution in [3.05, 3.63) is 195 Å². The van der Waals surface area contributed by atoms with Crippen molar-refractivity contribution < 1.29 is 0 Å². The molecule has 75 heavy (non-hydrogen) atoms. The predicted octanol–water partition coefficient (Wildman–Crippen LogP) is 23.0. The van der Waals surface area contributed by atoms with Gasteiger partial charge in [-0.05, 0) is 193 Å². The zero-order chi connectivity index (χ0) is 52.4. The molecule has 0 aromatic heterocycles. The highest BCUT2D eigenvalue weighted by Gasteiger charge is 2.50. The molecule has 0 saturated carbocycles. The lowest BCUT2D eigenvalue weighted by molar-refractivity contribution is 0.331. The summed E-state index contributed by atoms with van der Waals surface area (Å²) in [6, 6.07) is 54.5. The molecule has 3 unspecified atom stereocenters. The van der Waals surface area contributed by atoms with Gasteiger partial charge >= 0.3 is 0 Å². The minimum Gasteiger partial charge on any atom is -0.311 e. The maximum absolute atomic E-state index is 4.14. The number of fused-ring (bicyclic) bond motifs is 2. The maximum atomic E-state index is 4.14. The van der Waals surface area contributed by atoms with Crippen LogP contribution in [0.5, 0.6) is 0 Å². The first-order chi connectivity index (χ1) is 36.8. The normalized spacial score (nSPS) is 16.3. The number of unbranched alkanes of at least 4 members (excludes halogenated alkanes) is 12. The van der Waals surface area contributed by atoms with Gasteiger partial charge in [0.2, 0.25) is 0 Å². The molecular formula is C71H88Br2N2. The average Bonchev–Trinajstić information content (AvgIpc) is 3.70. The number of halogens is 2. The molecule has 6 aromatic carbocycles. The molecule has 2 nitrogen and oxygen atoms in total. The van der Waals surface area contributed by atoms with E-state index in [2.05, 4.69) is 228 Å². The van der Waals surface area contributed by atoms with E-state index < -0.39 is 0 Å². The monoisotopic (exact) mass is 1130 g/mol. The fourth-order valence-electron chi connectivity index (χ4n) is 12.4. The minimum atomic E-state index is -0.0797. The first kappa shape index (κ1) is 56.6. The molecule has 0 bridgehead atoms. The van der Waals surface area contributed by atoms with Gasteiger partial charge in [0.1, 0.15) is 0 Å². The van der Waals surface area contributed by atoms with E-state index in [9.17, 15) is 0 Å². The zero-order valence-corrected chi connectivity index (χ0v) is 49.7. The number of hydrogen-bond donors (Lipinski definition) is 0. The van der Waals surface area contributed by atoms with Gasteiger partial charge in [-0.15, -0.1) is 0 Å². The van der Waals surface area contributed by atoms with E-state index in [-0.39, 0.29) is 5.41 Å². The van der Waals surface area contributed by atoms with Gasteiger partial charge in [0, 0.05) is 48.8 Å². The quantitative estimate of drug-likeness (QED) is 0.0328. The molecule has 0 radical (unpaired) electrons. The van der Waals surface area contributed by atoms with Crippen LogP contribution in [0, 0.1) is 0 Å². The van der Waals surface area contributed by atoms with Crippen LogP contribution in [-0.4, -0.2) is 4.83 Å². The van der Waals surface area contributed by atoms with E-state index in [0.29, 0.717) is 10.7 Å². The molecule has 0 N–H and O–H groups in total. The summed E-state index contributed by atoms with van der Waals surface area (Å²) in [6.07, 6.45) is 33.1. The van der Waals surface area contributed by atoms with E-state index in [1.54, 1.807) is 11.1 Å². The second kappa shape index (κ2) is 28.7. The highest BCUT2D eigenvalue weighted by molar-refractivity contribution is 9.10. The SMILES string of the molecule is CCCCCCCCC1(C(CCCCCCC)c2ccc(N(c3ccc(CCCC)cc3)c3ccc(N(c4ccc(CCCC)cc4)c4ccc(CCCC)cc4)cc3)cc2)C2=C(C=CC(Br)C2)c2ccc(Br)cc21. The fourth-order valence-corrected chi connectivity index (χ4v) is 13.2. The lowest BCUT2D eigenvalue weighted by Gasteiger charge is -2.43. The third-order valence-electron chi connectivity index (χ3n) is 16.6. The van der Waals surface area contributed by atoms with Crippen LogP contribution in [0.15, 0.2) is 162 Å². The van der Waals surface area contributed by atoms with Crippen LogP contribution < -0.4 is 9.80 Å². The molecule has 0 saturated heterocycles. The first-order valence-electron chi connectivity index (χ1n) is 29.7. The topological polar surface area (TPSA) is 6.48 Å². The van der Waals surface area contributed by atoms with Crippen LogP contribution in [0.25, 0.3) is 5.57 Å². The van der Waals surface area contributed by atoms with Crippen molar-refractivity contribution in [2.24, 2.45) is 0 Å². The Balaban J connectivity index is 1.20. The third kappa shape index (κ3) is 14.1. The summed E-state index contributed by atoms with van der Waals surface area (Å²) in [5.74, 6) is 0.355. The predicted molar refractivity (Wildman–Crippen MR) is 335 cm³/mol. The highest BCUT2D eigenvalue weighted by atomic mass is 79.9. The standard InChI is InChI=1S/C71H88Br2N2/c1-6-11-16-18-20-22-51-71(69-52-58(72)35-49-66(69)67-50-36-59(73)53-70(67)71)68(26-21-19-17-12-7-2)57-33-43-63(44-34-57)75(62-41-31-56(32-42-62)25-15-10-5)65-47-45-64(46-48-65)74(60-37-27-54(28-38-60)23-13-8-3)61-39-29-55(30-40-61)24-14-9-4/h27-50,52,59,68H,6-26,51,53H2,1-5H3. The molecule has 6 aromatic rings. The van der Waals surface area contributed by atoms with Gasteiger partial charge in [-0.25, -0.2) is 0 Å². The molecule has 3 atom stereocenters. The zero-order valence-electron chi connectivity index (χ0n) is 46.5. The number of alkyl halides is 1. The molecular weight excluding hydrogens is 1040 g/mol. The van der Waals surface area contributed by atoms with E-state index in [0.717, 1.165) is 37.1 Å². The summed E-state index contributed by atoms with van der Waals surface area (Å²) in [6.45, 7) is 11.5. The van der Waals surface area contributed by atoms with Crippen molar-refractivity contribution in [2.75, 3.05) is 9.80 Å². The van der Waals surface area contributed by atoms with Crippen LogP contribution >= 0.6 is 31.9 Å². The molecule has 8 rings (SSSR count). The Morgan fingerprint density at radius 3 is 1.32 bits per heavy atom. The summed E-state index contributed by atoms with van der Waals surface area (Å²) in [4.78, 5) is 5.27. The van der Waals surface area contributed by atoms with Gasteiger partial charge in [-0.1, -0.05) is 223 Å². The van der Waals surface area contributed by atoms with Gasteiger partial charge in [0.25, 0.3) is 0 Å². The van der Waals surface area contributed by atoms with Gasteiger partial charge in [-0.3, -0.25) is 0 Å². The Morgan fingerprint density at radius 2 is 0.867 bits per heavy atom. The number of aryl methyl sites for hydroxylation is 3. The number of allylic oxidation sites excluding steroid dienone is 4. The van der Waals surface area contributed by atoms with Crippen LogP contribution in [0.1, 0.15) is 202 Å². The van der Waals surface area contributed by atoms with Gasteiger partial charge in [0.05, 0.1) is 0 Å². The second-order valence-electron chi connectivity index (χ2n) is 22.0. The Hall–Kier alpha value is -4.64. The third-order valence-corrected chi connectivity index (χ3v) is 17.7. The molecule has 0 fully saturated rings. The van der Waals surface area contributed by atoms with Crippen molar-refractivity contribution >= 4 is 71.6 Å². The second-order valence-corrected chi connectivity index (χ2v) is 24.1. The molecule has 4 heteroatoms. The van der Waals surface area contributed by atoms with Crippen molar-refractivity contribution in [2.45, 2.75) is 198 Å². The number of hydrogen-bond acceptors (Lipinski definition) is 2. The molecule has 2 aliphatic carbocycles. The Morgan fingerprint density at radius 1 is 0.467 bits per heavy atom. The average molecular weight is 1130 g/mol. The Bertz CT molecular complexity index is 2660. The van der Waals surface area contributed by atoms with Crippen LogP contribution in [-0.2, 0) is 24.7 Å². The first-order valence-corrected chi connectivity index (χ1v) is 31.5. The Labute approximate surface area is 471 Å². The smallest absolute Gasteiger partial charge is 0.0463 e. The van der Waals surface area contributed by atoms with Crippen molar-refractivity contribution in [1.82, 2.24) is 0 Å². The van der Waals surface area contributed by atoms with Crippen molar-refractivity contribution in [1.29, 1.82) is 0 Å². The summed E-state index contributed by atoms with van der Waals surface area (Å²) in [5.41, 5.74) is 18.8. The maximum Gasteiger partial charge on any atom is 0.0463 e. The van der Waals surface area contributed by atoms with E-state index in [1.165, 1.54) is 183 Å². The number of nitrogens with zero attached hydrogens (tertiary/aromatic N) is 2. The van der Waals surface area contributed by atoms with Crippen molar-refractivity contribution in [3.63, 3.8) is 0 Å². The van der Waals surface area contributed by atoms with Crippen molar-refractivity contribution in [3.8, 4) is 0 Å². The molecule has 0 spiro atoms. The summed E-state index contributed by atoms with van der Waals surface area (Å²) >= 11 is 8.15. The molecule has 0 amide bonds. The molecule has 0 aliphatic heterocycles. The van der Waals surface area contributed by atoms with Gasteiger partial charge in [-0.2, -0.15) is 0 Å². The summed E-state index contributed by atoms with van der Waals surface area (Å²) in [5, 5.41) is 0. The number of anilines is 6. The summed E-state index contributed by atoms with van der Waals surface area (Å²) in [7, 11) is 0. The van der Waals surface area contributed by atoms with Gasteiger partial charge < -0.3 is 9.80 Å². The van der Waals surface area contributed by atoms with E-state index in [1.807, 2.05) is 0 Å². The lowest BCUT2D eigenvalue weighted by atomic mass is 9.60. The Kier molecular flexibility index (Phi) is 21.6. The molecule has 0 heterocycles. The highest BCUT2D eigenvalue weighted by Crippen LogP contribution is 2.61. The number of benzene rings is 6. The fraction of sp³-hybridized carbons (Fsp3) is 0.437. The number of rotatable bonds is 30. The molecule has 2 aliphatic rings. The summed E-state index contributed by atoms with van der Waals surface area (Å²) < 4.78 is 1.19. The molecule has 396 valence electrons. The van der Waals surface area contributed by atoms with Gasteiger partial charge in [0.15, 0.2) is 0 Å². The van der Waals surface area contributed by atoms with E-state index in [4.69, 9.17) is 0 Å². The van der Waals surface area contributed by atoms with Crippen LogP contribution in [0.4, 0.5) is 34.1 Å².